The fourth-order valence-corrected chi connectivity index (χ4v) is 3.68. The van der Waals surface area contributed by atoms with E-state index in [0.29, 0.717) is 6.04 Å². The first-order valence-electron chi connectivity index (χ1n) is 7.82. The van der Waals surface area contributed by atoms with Crippen LogP contribution in [0.2, 0.25) is 0 Å². The Kier molecular flexibility index (Phi) is 6.06. The molecular weight excluding hydrogens is 312 g/mol. The third-order valence-electron chi connectivity index (χ3n) is 4.53. The smallest absolute Gasteiger partial charge is 0.0343 e. The third kappa shape index (κ3) is 4.06. The summed E-state index contributed by atoms with van der Waals surface area (Å²) in [5.41, 5.74) is 1.38. The molecule has 1 heterocycles. The second kappa shape index (κ2) is 7.58. The summed E-state index contributed by atoms with van der Waals surface area (Å²) >= 11 is 3.69. The lowest BCUT2D eigenvalue weighted by molar-refractivity contribution is 0.299. The van der Waals surface area contributed by atoms with Crippen LogP contribution in [-0.2, 0) is 0 Å². The van der Waals surface area contributed by atoms with Crippen molar-refractivity contribution in [3.63, 3.8) is 0 Å². The Morgan fingerprint density at radius 1 is 1.25 bits per heavy atom. The molecule has 1 N–H and O–H groups in total. The number of halogens is 1. The van der Waals surface area contributed by atoms with Gasteiger partial charge in [0.2, 0.25) is 0 Å². The summed E-state index contributed by atoms with van der Waals surface area (Å²) in [5.74, 6) is 1.69. The van der Waals surface area contributed by atoms with Gasteiger partial charge in [0.1, 0.15) is 0 Å². The molecule has 1 aromatic rings. The minimum absolute atomic E-state index is 0.446. The average Bonchev–Trinajstić information content (AvgIpc) is 2.75. The van der Waals surface area contributed by atoms with E-state index in [0.717, 1.165) is 18.4 Å². The van der Waals surface area contributed by atoms with Gasteiger partial charge in [0.25, 0.3) is 0 Å². The van der Waals surface area contributed by atoms with Gasteiger partial charge in [-0.3, -0.25) is 0 Å². The predicted octanol–water partition coefficient (Wildman–Crippen LogP) is 4.08. The number of rotatable bonds is 6. The monoisotopic (exact) mass is 338 g/mol. The van der Waals surface area contributed by atoms with Crippen LogP contribution in [-0.4, -0.2) is 31.1 Å². The zero-order chi connectivity index (χ0) is 14.5. The van der Waals surface area contributed by atoms with E-state index in [4.69, 9.17) is 0 Å². The molecule has 1 aromatic carbocycles. The Morgan fingerprint density at radius 2 is 1.90 bits per heavy atom. The fourth-order valence-electron chi connectivity index (χ4n) is 3.11. The molecule has 0 aliphatic carbocycles. The molecule has 2 nitrogen and oxygen atoms in total. The van der Waals surface area contributed by atoms with Crippen molar-refractivity contribution < 1.29 is 0 Å². The van der Waals surface area contributed by atoms with E-state index in [9.17, 15) is 0 Å². The van der Waals surface area contributed by atoms with Gasteiger partial charge in [-0.2, -0.15) is 0 Å². The molecule has 0 saturated carbocycles. The van der Waals surface area contributed by atoms with Gasteiger partial charge >= 0.3 is 0 Å². The summed E-state index contributed by atoms with van der Waals surface area (Å²) < 4.78 is 1.22. The highest BCUT2D eigenvalue weighted by molar-refractivity contribution is 9.10. The molecule has 1 fully saturated rings. The van der Waals surface area contributed by atoms with Gasteiger partial charge in [-0.25, -0.2) is 0 Å². The van der Waals surface area contributed by atoms with Crippen molar-refractivity contribution >= 4 is 15.9 Å². The first kappa shape index (κ1) is 16.0. The molecule has 3 atom stereocenters. The zero-order valence-electron chi connectivity index (χ0n) is 12.9. The van der Waals surface area contributed by atoms with Crippen molar-refractivity contribution in [1.29, 1.82) is 0 Å². The molecule has 0 aromatic heterocycles. The number of hydrogen-bond acceptors (Lipinski definition) is 2. The van der Waals surface area contributed by atoms with Crippen LogP contribution < -0.4 is 5.32 Å². The summed E-state index contributed by atoms with van der Waals surface area (Å²) in [4.78, 5) is 2.62. The SMILES string of the molecule is CCNC(CCN1CC(C)C(C)C1)c1ccccc1Br. The Bertz CT molecular complexity index is 411. The van der Waals surface area contributed by atoms with Crippen LogP contribution in [0.3, 0.4) is 0 Å². The van der Waals surface area contributed by atoms with Crippen LogP contribution in [0, 0.1) is 11.8 Å². The summed E-state index contributed by atoms with van der Waals surface area (Å²) in [6.45, 7) is 11.7. The van der Waals surface area contributed by atoms with Crippen LogP contribution in [0.4, 0.5) is 0 Å². The van der Waals surface area contributed by atoms with E-state index in [2.05, 4.69) is 71.2 Å². The molecule has 2 rings (SSSR count). The maximum atomic E-state index is 3.69. The Hall–Kier alpha value is -0.380. The maximum absolute atomic E-state index is 3.69. The van der Waals surface area contributed by atoms with Gasteiger partial charge in [-0.05, 0) is 43.0 Å². The summed E-state index contributed by atoms with van der Waals surface area (Å²) in [7, 11) is 0. The Morgan fingerprint density at radius 3 is 2.50 bits per heavy atom. The highest BCUT2D eigenvalue weighted by Crippen LogP contribution is 2.27. The van der Waals surface area contributed by atoms with Gasteiger partial charge in [0.05, 0.1) is 0 Å². The zero-order valence-corrected chi connectivity index (χ0v) is 14.5. The highest BCUT2D eigenvalue weighted by Gasteiger charge is 2.26. The van der Waals surface area contributed by atoms with Crippen LogP contribution in [0.15, 0.2) is 28.7 Å². The second-order valence-corrected chi connectivity index (χ2v) is 6.99. The lowest BCUT2D eigenvalue weighted by Crippen LogP contribution is -2.28. The molecule has 1 saturated heterocycles. The van der Waals surface area contributed by atoms with E-state index in [1.54, 1.807) is 0 Å². The van der Waals surface area contributed by atoms with E-state index < -0.39 is 0 Å². The molecular formula is C17H27BrN2. The van der Waals surface area contributed by atoms with Crippen LogP contribution >= 0.6 is 15.9 Å². The Labute approximate surface area is 132 Å². The summed E-state index contributed by atoms with van der Waals surface area (Å²) in [5, 5.41) is 3.63. The molecule has 0 amide bonds. The van der Waals surface area contributed by atoms with Gasteiger partial charge in [-0.15, -0.1) is 0 Å². The minimum Gasteiger partial charge on any atom is -0.310 e. The van der Waals surface area contributed by atoms with E-state index in [1.807, 2.05) is 0 Å². The fraction of sp³-hybridized carbons (Fsp3) is 0.647. The molecule has 0 spiro atoms. The first-order chi connectivity index (χ1) is 9.61. The van der Waals surface area contributed by atoms with Crippen molar-refractivity contribution in [3.05, 3.63) is 34.3 Å². The van der Waals surface area contributed by atoms with Crippen molar-refractivity contribution in [2.24, 2.45) is 11.8 Å². The molecule has 3 unspecified atom stereocenters. The maximum Gasteiger partial charge on any atom is 0.0343 e. The first-order valence-corrected chi connectivity index (χ1v) is 8.61. The minimum atomic E-state index is 0.446. The van der Waals surface area contributed by atoms with Gasteiger partial charge < -0.3 is 10.2 Å². The van der Waals surface area contributed by atoms with Crippen molar-refractivity contribution in [1.82, 2.24) is 10.2 Å². The number of benzene rings is 1. The van der Waals surface area contributed by atoms with Crippen molar-refractivity contribution in [3.8, 4) is 0 Å². The predicted molar refractivity (Wildman–Crippen MR) is 89.9 cm³/mol. The highest BCUT2D eigenvalue weighted by atomic mass is 79.9. The molecule has 1 aliphatic rings. The third-order valence-corrected chi connectivity index (χ3v) is 5.25. The molecule has 1 aliphatic heterocycles. The molecule has 20 heavy (non-hydrogen) atoms. The van der Waals surface area contributed by atoms with Crippen LogP contribution in [0.1, 0.15) is 38.8 Å². The van der Waals surface area contributed by atoms with E-state index in [-0.39, 0.29) is 0 Å². The molecule has 3 heteroatoms. The van der Waals surface area contributed by atoms with Crippen LogP contribution in [0.5, 0.6) is 0 Å². The van der Waals surface area contributed by atoms with Gasteiger partial charge in [0, 0.05) is 23.6 Å². The quantitative estimate of drug-likeness (QED) is 0.840. The number of likely N-dealkylation sites (tertiary alicyclic amines) is 1. The van der Waals surface area contributed by atoms with Crippen molar-refractivity contribution in [2.75, 3.05) is 26.2 Å². The summed E-state index contributed by atoms with van der Waals surface area (Å²) in [6, 6.07) is 9.03. The average molecular weight is 339 g/mol. The largest absolute Gasteiger partial charge is 0.310 e. The normalized spacial score (nSPS) is 25.0. The van der Waals surface area contributed by atoms with E-state index >= 15 is 0 Å². The molecule has 112 valence electrons. The number of nitrogens with one attached hydrogen (secondary N) is 1. The summed E-state index contributed by atoms with van der Waals surface area (Å²) in [6.07, 6.45) is 1.18. The van der Waals surface area contributed by atoms with Gasteiger partial charge in [-0.1, -0.05) is 54.9 Å². The number of hydrogen-bond donors (Lipinski definition) is 1. The number of nitrogens with zero attached hydrogens (tertiary/aromatic N) is 1. The van der Waals surface area contributed by atoms with Crippen LogP contribution in [0.25, 0.3) is 0 Å². The van der Waals surface area contributed by atoms with E-state index in [1.165, 1.54) is 36.1 Å². The standard InChI is InChI=1S/C17H27BrN2/c1-4-19-17(15-7-5-6-8-16(15)18)9-10-20-11-13(2)14(3)12-20/h5-8,13-14,17,19H,4,9-12H2,1-3H3. The molecule has 0 radical (unpaired) electrons. The lowest BCUT2D eigenvalue weighted by atomic mass is 10.0. The topological polar surface area (TPSA) is 15.3 Å². The van der Waals surface area contributed by atoms with Gasteiger partial charge in [0.15, 0.2) is 0 Å². The lowest BCUT2D eigenvalue weighted by Gasteiger charge is -2.23. The Balaban J connectivity index is 1.95. The van der Waals surface area contributed by atoms with Crippen molar-refractivity contribution in [2.45, 2.75) is 33.2 Å². The molecule has 0 bridgehead atoms. The second-order valence-electron chi connectivity index (χ2n) is 6.13.